The maximum atomic E-state index is 12.8. The molecular formula is C18H15FN2O. The molecule has 3 rings (SSSR count). The third-order valence-corrected chi connectivity index (χ3v) is 3.09. The molecule has 0 fully saturated rings. The zero-order valence-electron chi connectivity index (χ0n) is 11.9. The van der Waals surface area contributed by atoms with Gasteiger partial charge in [0.2, 0.25) is 0 Å². The molecular weight excluding hydrogens is 279 g/mol. The number of hydrogen-bond donors (Lipinski definition) is 0. The standard InChI is InChI=1S/C18H15FN2O/c19-16-6-10-18(11-7-16)22-17-8-4-15(5-9-17)3-1-13-21-14-2-12-20-21/h1-12,14H,13H2/b3-1+. The maximum absolute atomic E-state index is 12.8. The predicted octanol–water partition coefficient (Wildman–Crippen LogP) is 4.53. The van der Waals surface area contributed by atoms with Crippen LogP contribution in [0.5, 0.6) is 11.5 Å². The van der Waals surface area contributed by atoms with Gasteiger partial charge in [0.05, 0.1) is 6.54 Å². The molecule has 0 bridgehead atoms. The number of halogens is 1. The van der Waals surface area contributed by atoms with Crippen LogP contribution in [0.25, 0.3) is 6.08 Å². The Hall–Kier alpha value is -2.88. The van der Waals surface area contributed by atoms with Crippen molar-refractivity contribution in [2.24, 2.45) is 0 Å². The minimum Gasteiger partial charge on any atom is -0.457 e. The van der Waals surface area contributed by atoms with Crippen LogP contribution in [0, 0.1) is 5.82 Å². The molecule has 0 amide bonds. The Labute approximate surface area is 128 Å². The molecule has 0 saturated heterocycles. The molecule has 0 unspecified atom stereocenters. The fourth-order valence-electron chi connectivity index (χ4n) is 1.99. The first-order valence-electron chi connectivity index (χ1n) is 6.97. The highest BCUT2D eigenvalue weighted by Crippen LogP contribution is 2.22. The summed E-state index contributed by atoms with van der Waals surface area (Å²) in [4.78, 5) is 0. The van der Waals surface area contributed by atoms with Crippen molar-refractivity contribution < 1.29 is 9.13 Å². The Morgan fingerprint density at radius 1 is 1.00 bits per heavy atom. The Bertz CT molecular complexity index is 732. The van der Waals surface area contributed by atoms with Gasteiger partial charge in [-0.05, 0) is 48.0 Å². The van der Waals surface area contributed by atoms with Gasteiger partial charge in [-0.15, -0.1) is 0 Å². The van der Waals surface area contributed by atoms with Crippen molar-refractivity contribution in [2.45, 2.75) is 6.54 Å². The molecule has 3 aromatic rings. The van der Waals surface area contributed by atoms with E-state index in [4.69, 9.17) is 4.74 Å². The Morgan fingerprint density at radius 3 is 2.32 bits per heavy atom. The van der Waals surface area contributed by atoms with Crippen LogP contribution in [-0.2, 0) is 6.54 Å². The van der Waals surface area contributed by atoms with Crippen LogP contribution < -0.4 is 4.74 Å². The highest BCUT2D eigenvalue weighted by molar-refractivity contribution is 5.50. The van der Waals surface area contributed by atoms with Crippen LogP contribution >= 0.6 is 0 Å². The fourth-order valence-corrected chi connectivity index (χ4v) is 1.99. The van der Waals surface area contributed by atoms with Crippen molar-refractivity contribution in [3.63, 3.8) is 0 Å². The SMILES string of the molecule is Fc1ccc(Oc2ccc(/C=C/Cn3cccn3)cc2)cc1. The Morgan fingerprint density at radius 2 is 1.68 bits per heavy atom. The van der Waals surface area contributed by atoms with Gasteiger partial charge >= 0.3 is 0 Å². The number of benzene rings is 2. The van der Waals surface area contributed by atoms with Gasteiger partial charge in [0.1, 0.15) is 17.3 Å². The third-order valence-electron chi connectivity index (χ3n) is 3.09. The molecule has 0 aliphatic carbocycles. The number of hydrogen-bond acceptors (Lipinski definition) is 2. The molecule has 4 heteroatoms. The van der Waals surface area contributed by atoms with E-state index in [0.717, 1.165) is 17.9 Å². The topological polar surface area (TPSA) is 27.1 Å². The first kappa shape index (κ1) is 14.1. The van der Waals surface area contributed by atoms with Crippen LogP contribution in [0.1, 0.15) is 5.56 Å². The second-order valence-electron chi connectivity index (χ2n) is 4.76. The van der Waals surface area contributed by atoms with Gasteiger partial charge in [0.25, 0.3) is 0 Å². The van der Waals surface area contributed by atoms with Gasteiger partial charge in [0, 0.05) is 12.4 Å². The number of allylic oxidation sites excluding steroid dienone is 1. The lowest BCUT2D eigenvalue weighted by Gasteiger charge is -2.05. The first-order chi connectivity index (χ1) is 10.8. The summed E-state index contributed by atoms with van der Waals surface area (Å²) in [7, 11) is 0. The minimum absolute atomic E-state index is 0.273. The van der Waals surface area contributed by atoms with E-state index in [9.17, 15) is 4.39 Å². The lowest BCUT2D eigenvalue weighted by molar-refractivity contribution is 0.480. The van der Waals surface area contributed by atoms with Gasteiger partial charge in [-0.1, -0.05) is 24.3 Å². The number of aromatic nitrogens is 2. The summed E-state index contributed by atoms with van der Waals surface area (Å²) in [5.41, 5.74) is 1.08. The van der Waals surface area contributed by atoms with Crippen molar-refractivity contribution in [3.8, 4) is 11.5 Å². The smallest absolute Gasteiger partial charge is 0.127 e. The van der Waals surface area contributed by atoms with E-state index in [1.54, 1.807) is 18.3 Å². The van der Waals surface area contributed by atoms with Crippen LogP contribution in [0.2, 0.25) is 0 Å². The average Bonchev–Trinajstić information content (AvgIpc) is 3.05. The van der Waals surface area contributed by atoms with Gasteiger partial charge in [0.15, 0.2) is 0 Å². The second-order valence-corrected chi connectivity index (χ2v) is 4.76. The molecule has 1 heterocycles. The zero-order chi connectivity index (χ0) is 15.2. The average molecular weight is 294 g/mol. The summed E-state index contributed by atoms with van der Waals surface area (Å²) in [6, 6.07) is 15.6. The largest absolute Gasteiger partial charge is 0.457 e. The number of rotatable bonds is 5. The molecule has 3 nitrogen and oxygen atoms in total. The lowest BCUT2D eigenvalue weighted by Crippen LogP contribution is -1.93. The van der Waals surface area contributed by atoms with Gasteiger partial charge in [-0.3, -0.25) is 4.68 Å². The van der Waals surface area contributed by atoms with Crippen molar-refractivity contribution >= 4 is 6.08 Å². The van der Waals surface area contributed by atoms with Crippen molar-refractivity contribution in [2.75, 3.05) is 0 Å². The summed E-state index contributed by atoms with van der Waals surface area (Å²) in [6.07, 6.45) is 7.76. The molecule has 0 N–H and O–H groups in total. The van der Waals surface area contributed by atoms with Crippen molar-refractivity contribution in [1.82, 2.24) is 9.78 Å². The fraction of sp³-hybridized carbons (Fsp3) is 0.0556. The molecule has 0 aliphatic heterocycles. The Kier molecular flexibility index (Phi) is 4.30. The normalized spacial score (nSPS) is 11.0. The first-order valence-corrected chi connectivity index (χ1v) is 6.97. The van der Waals surface area contributed by atoms with Crippen LogP contribution in [0.15, 0.2) is 73.1 Å². The quantitative estimate of drug-likeness (QED) is 0.691. The highest BCUT2D eigenvalue weighted by Gasteiger charge is 1.97. The molecule has 0 spiro atoms. The summed E-state index contributed by atoms with van der Waals surface area (Å²) in [6.45, 7) is 0.737. The van der Waals surface area contributed by atoms with Gasteiger partial charge < -0.3 is 4.74 Å². The van der Waals surface area contributed by atoms with Crippen LogP contribution in [0.3, 0.4) is 0 Å². The molecule has 0 atom stereocenters. The molecule has 0 radical (unpaired) electrons. The number of ether oxygens (including phenoxy) is 1. The molecule has 110 valence electrons. The third kappa shape index (κ3) is 3.82. The van der Waals surface area contributed by atoms with E-state index in [0.29, 0.717) is 5.75 Å². The summed E-state index contributed by atoms with van der Waals surface area (Å²) < 4.78 is 20.3. The van der Waals surface area contributed by atoms with Crippen molar-refractivity contribution in [1.29, 1.82) is 0 Å². The highest BCUT2D eigenvalue weighted by atomic mass is 19.1. The monoisotopic (exact) mass is 294 g/mol. The Balaban J connectivity index is 1.60. The zero-order valence-corrected chi connectivity index (χ0v) is 11.9. The van der Waals surface area contributed by atoms with E-state index >= 15 is 0 Å². The van der Waals surface area contributed by atoms with Crippen molar-refractivity contribution in [3.05, 3.63) is 84.4 Å². The summed E-state index contributed by atoms with van der Waals surface area (Å²) >= 11 is 0. The molecule has 2 aromatic carbocycles. The predicted molar refractivity (Wildman–Crippen MR) is 84.2 cm³/mol. The van der Waals surface area contributed by atoms with Crippen LogP contribution in [0.4, 0.5) is 4.39 Å². The minimum atomic E-state index is -0.273. The van der Waals surface area contributed by atoms with E-state index in [-0.39, 0.29) is 5.82 Å². The van der Waals surface area contributed by atoms with Gasteiger partial charge in [-0.25, -0.2) is 4.39 Å². The lowest BCUT2D eigenvalue weighted by atomic mass is 10.2. The van der Waals surface area contributed by atoms with E-state index in [1.165, 1.54) is 12.1 Å². The molecule has 0 saturated carbocycles. The van der Waals surface area contributed by atoms with E-state index < -0.39 is 0 Å². The van der Waals surface area contributed by atoms with Crippen LogP contribution in [-0.4, -0.2) is 9.78 Å². The van der Waals surface area contributed by atoms with E-state index in [2.05, 4.69) is 5.10 Å². The molecule has 0 aliphatic rings. The summed E-state index contributed by atoms with van der Waals surface area (Å²) in [5, 5.41) is 4.13. The summed E-state index contributed by atoms with van der Waals surface area (Å²) in [5.74, 6) is 1.06. The molecule has 22 heavy (non-hydrogen) atoms. The number of nitrogens with zero attached hydrogens (tertiary/aromatic N) is 2. The molecule has 1 aromatic heterocycles. The second kappa shape index (κ2) is 6.72. The maximum Gasteiger partial charge on any atom is 0.127 e. The van der Waals surface area contributed by atoms with Gasteiger partial charge in [-0.2, -0.15) is 5.10 Å². The van der Waals surface area contributed by atoms with E-state index in [1.807, 2.05) is 53.4 Å².